The van der Waals surface area contributed by atoms with E-state index >= 15 is 0 Å². The largest absolute Gasteiger partial charge is 0.464 e. The second-order valence-corrected chi connectivity index (χ2v) is 7.48. The number of thiophene rings is 1. The maximum atomic E-state index is 12.5. The molecular weight excluding hydrogens is 336 g/mol. The van der Waals surface area contributed by atoms with Crippen LogP contribution < -0.4 is 0 Å². The Morgan fingerprint density at radius 3 is 2.91 bits per heavy atom. The Balaban J connectivity index is 1.66. The van der Waals surface area contributed by atoms with Gasteiger partial charge in [-0.05, 0) is 31.7 Å². The molecule has 1 aromatic heterocycles. The molecule has 0 saturated heterocycles. The van der Waals surface area contributed by atoms with Crippen LogP contribution in [0.1, 0.15) is 40.3 Å². The van der Waals surface area contributed by atoms with Crippen LogP contribution in [0.25, 0.3) is 0 Å². The van der Waals surface area contributed by atoms with E-state index in [4.69, 9.17) is 9.47 Å². The number of hydrogen-bond acceptors (Lipinski definition) is 7. The minimum absolute atomic E-state index is 0.0451. The summed E-state index contributed by atoms with van der Waals surface area (Å²) in [6.45, 7) is 3.78. The SMILES string of the molecule is CCOC(=O)COC(C)C1CC2=C(S1)C(=O)c1sccc1C2=O. The summed E-state index contributed by atoms with van der Waals surface area (Å²) in [4.78, 5) is 37.4. The van der Waals surface area contributed by atoms with Crippen molar-refractivity contribution in [2.45, 2.75) is 31.6 Å². The van der Waals surface area contributed by atoms with Crippen molar-refractivity contribution in [1.82, 2.24) is 0 Å². The molecule has 1 aliphatic heterocycles. The molecule has 0 bridgehead atoms. The Bertz CT molecular complexity index is 661. The quantitative estimate of drug-likeness (QED) is 0.759. The van der Waals surface area contributed by atoms with Crippen molar-refractivity contribution in [3.8, 4) is 0 Å². The fourth-order valence-electron chi connectivity index (χ4n) is 2.65. The van der Waals surface area contributed by atoms with E-state index in [2.05, 4.69) is 0 Å². The molecule has 1 aromatic rings. The normalized spacial score (nSPS) is 21.2. The molecule has 3 rings (SSSR count). The Hall–Kier alpha value is -1.44. The molecule has 1 aliphatic carbocycles. The summed E-state index contributed by atoms with van der Waals surface area (Å²) in [7, 11) is 0. The van der Waals surface area contributed by atoms with Crippen LogP contribution in [0.15, 0.2) is 21.9 Å². The van der Waals surface area contributed by atoms with E-state index in [9.17, 15) is 14.4 Å². The van der Waals surface area contributed by atoms with E-state index in [1.165, 1.54) is 23.1 Å². The van der Waals surface area contributed by atoms with Gasteiger partial charge in [-0.15, -0.1) is 23.1 Å². The first-order valence-corrected chi connectivity index (χ1v) is 9.12. The van der Waals surface area contributed by atoms with Gasteiger partial charge in [0.2, 0.25) is 5.78 Å². The lowest BCUT2D eigenvalue weighted by Crippen LogP contribution is -2.26. The van der Waals surface area contributed by atoms with Gasteiger partial charge < -0.3 is 9.47 Å². The highest BCUT2D eigenvalue weighted by molar-refractivity contribution is 8.05. The molecule has 122 valence electrons. The number of esters is 1. The summed E-state index contributed by atoms with van der Waals surface area (Å²) < 4.78 is 10.4. The first-order valence-electron chi connectivity index (χ1n) is 7.36. The lowest BCUT2D eigenvalue weighted by molar-refractivity contribution is -0.150. The maximum Gasteiger partial charge on any atom is 0.332 e. The van der Waals surface area contributed by atoms with Crippen molar-refractivity contribution < 1.29 is 23.9 Å². The number of allylic oxidation sites excluding steroid dienone is 2. The van der Waals surface area contributed by atoms with Crippen LogP contribution in [-0.2, 0) is 14.3 Å². The fraction of sp³-hybridized carbons (Fsp3) is 0.438. The monoisotopic (exact) mass is 352 g/mol. The van der Waals surface area contributed by atoms with Gasteiger partial charge >= 0.3 is 5.97 Å². The molecular formula is C16H16O5S2. The molecule has 2 unspecified atom stereocenters. The van der Waals surface area contributed by atoms with Crippen LogP contribution in [0.3, 0.4) is 0 Å². The van der Waals surface area contributed by atoms with Gasteiger partial charge in [-0.2, -0.15) is 0 Å². The van der Waals surface area contributed by atoms with Crippen LogP contribution in [0.4, 0.5) is 0 Å². The molecule has 23 heavy (non-hydrogen) atoms. The number of fused-ring (bicyclic) bond motifs is 1. The van der Waals surface area contributed by atoms with E-state index in [0.717, 1.165) is 0 Å². The van der Waals surface area contributed by atoms with Gasteiger partial charge in [0.1, 0.15) is 6.61 Å². The second-order valence-electron chi connectivity index (χ2n) is 5.31. The maximum absolute atomic E-state index is 12.5. The number of thioether (sulfide) groups is 1. The number of ketones is 2. The Morgan fingerprint density at radius 1 is 1.39 bits per heavy atom. The number of carbonyl (C=O) groups is 3. The average molecular weight is 352 g/mol. The van der Waals surface area contributed by atoms with E-state index in [1.807, 2.05) is 6.92 Å². The predicted octanol–water partition coefficient (Wildman–Crippen LogP) is 2.85. The van der Waals surface area contributed by atoms with E-state index in [-0.39, 0.29) is 29.5 Å². The van der Waals surface area contributed by atoms with Crippen LogP contribution >= 0.6 is 23.1 Å². The third-order valence-corrected chi connectivity index (χ3v) is 6.27. The van der Waals surface area contributed by atoms with Crippen molar-refractivity contribution in [3.63, 3.8) is 0 Å². The fourth-order valence-corrected chi connectivity index (χ4v) is 4.90. The van der Waals surface area contributed by atoms with Crippen LogP contribution in [0.5, 0.6) is 0 Å². The number of carbonyl (C=O) groups excluding carboxylic acids is 3. The van der Waals surface area contributed by atoms with Crippen LogP contribution in [-0.4, -0.2) is 42.1 Å². The van der Waals surface area contributed by atoms with E-state index in [1.54, 1.807) is 18.4 Å². The molecule has 0 fully saturated rings. The van der Waals surface area contributed by atoms with E-state index in [0.29, 0.717) is 33.9 Å². The van der Waals surface area contributed by atoms with Gasteiger partial charge in [-0.25, -0.2) is 4.79 Å². The summed E-state index contributed by atoms with van der Waals surface area (Å²) in [5.74, 6) is -0.521. The van der Waals surface area contributed by atoms with Gasteiger partial charge in [0, 0.05) is 16.4 Å². The van der Waals surface area contributed by atoms with Gasteiger partial charge in [-0.1, -0.05) is 0 Å². The van der Waals surface area contributed by atoms with Crippen LogP contribution in [0, 0.1) is 0 Å². The van der Waals surface area contributed by atoms with Crippen molar-refractivity contribution >= 4 is 40.6 Å². The first kappa shape index (κ1) is 16.4. The third kappa shape index (κ3) is 3.00. The van der Waals surface area contributed by atoms with Crippen molar-refractivity contribution in [2.75, 3.05) is 13.2 Å². The van der Waals surface area contributed by atoms with Gasteiger partial charge in [0.15, 0.2) is 5.78 Å². The first-order chi connectivity index (χ1) is 11.0. The minimum atomic E-state index is -0.408. The van der Waals surface area contributed by atoms with Gasteiger partial charge in [-0.3, -0.25) is 9.59 Å². The molecule has 5 nitrogen and oxygen atoms in total. The summed E-state index contributed by atoms with van der Waals surface area (Å²) in [6, 6.07) is 1.71. The summed E-state index contributed by atoms with van der Waals surface area (Å²) in [5.41, 5.74) is 1.10. The zero-order valence-electron chi connectivity index (χ0n) is 12.8. The minimum Gasteiger partial charge on any atom is -0.464 e. The number of Topliss-reactive ketones (excluding diaryl/α,β-unsaturated/α-hetero) is 2. The molecule has 0 radical (unpaired) electrons. The topological polar surface area (TPSA) is 69.7 Å². The number of hydrogen-bond donors (Lipinski definition) is 0. The molecule has 0 spiro atoms. The van der Waals surface area contributed by atoms with Gasteiger partial charge in [0.25, 0.3) is 0 Å². The summed E-state index contributed by atoms with van der Waals surface area (Å²) in [5, 5.41) is 1.73. The zero-order chi connectivity index (χ0) is 16.6. The highest BCUT2D eigenvalue weighted by atomic mass is 32.2. The lowest BCUT2D eigenvalue weighted by atomic mass is 9.92. The van der Waals surface area contributed by atoms with Crippen molar-refractivity contribution in [1.29, 1.82) is 0 Å². The highest BCUT2D eigenvalue weighted by Crippen LogP contribution is 2.46. The molecule has 2 aliphatic rings. The summed E-state index contributed by atoms with van der Waals surface area (Å²) >= 11 is 2.69. The second kappa shape index (κ2) is 6.59. The highest BCUT2D eigenvalue weighted by Gasteiger charge is 2.41. The molecule has 0 N–H and O–H groups in total. The average Bonchev–Trinajstić information content (AvgIpc) is 3.18. The molecule has 0 amide bonds. The van der Waals surface area contributed by atoms with Crippen molar-refractivity contribution in [2.24, 2.45) is 0 Å². The molecule has 7 heteroatoms. The molecule has 2 heterocycles. The Morgan fingerprint density at radius 2 is 2.17 bits per heavy atom. The smallest absolute Gasteiger partial charge is 0.332 e. The van der Waals surface area contributed by atoms with E-state index < -0.39 is 5.97 Å². The zero-order valence-corrected chi connectivity index (χ0v) is 14.4. The predicted molar refractivity (Wildman–Crippen MR) is 88.0 cm³/mol. The van der Waals surface area contributed by atoms with Crippen LogP contribution in [0.2, 0.25) is 0 Å². The third-order valence-electron chi connectivity index (χ3n) is 3.84. The summed E-state index contributed by atoms with van der Waals surface area (Å²) in [6.07, 6.45) is 0.234. The number of rotatable bonds is 5. The Labute approximate surface area is 142 Å². The van der Waals surface area contributed by atoms with Crippen molar-refractivity contribution in [3.05, 3.63) is 32.4 Å². The molecule has 0 aromatic carbocycles. The Kier molecular flexibility index (Phi) is 4.70. The molecule has 2 atom stereocenters. The lowest BCUT2D eigenvalue weighted by Gasteiger charge is -2.18. The standard InChI is InChI=1S/C16H16O5S2/c1-3-20-12(17)7-21-8(2)11-6-10-13(18)9-4-5-22-15(9)14(19)16(10)23-11/h4-5,8,11H,3,6-7H2,1-2H3. The number of ether oxygens (including phenoxy) is 2. The molecule has 0 saturated carbocycles. The van der Waals surface area contributed by atoms with Gasteiger partial charge in [0.05, 0.1) is 22.5 Å².